The molecule has 80 valence electrons. The summed E-state index contributed by atoms with van der Waals surface area (Å²) in [4.78, 5) is 0. The number of rotatable bonds is 3. The Labute approximate surface area is 87.1 Å². The predicted molar refractivity (Wildman–Crippen MR) is 59.9 cm³/mol. The predicted octanol–water partition coefficient (Wildman–Crippen LogP) is 2.98. The van der Waals surface area contributed by atoms with Gasteiger partial charge in [-0.25, -0.2) is 0 Å². The summed E-state index contributed by atoms with van der Waals surface area (Å²) in [6.45, 7) is 7.06. The first-order valence-corrected chi connectivity index (χ1v) is 5.58. The van der Waals surface area contributed by atoms with Gasteiger partial charge in [0.2, 0.25) is 0 Å². The lowest BCUT2D eigenvalue weighted by molar-refractivity contribution is -0.905. The molecule has 1 aliphatic heterocycles. The number of nitrogens with zero attached hydrogens (tertiary/aromatic N) is 1. The summed E-state index contributed by atoms with van der Waals surface area (Å²) < 4.78 is 0.765. The van der Waals surface area contributed by atoms with Crippen molar-refractivity contribution in [2.75, 3.05) is 19.6 Å². The summed E-state index contributed by atoms with van der Waals surface area (Å²) in [5, 5.41) is 9.96. The van der Waals surface area contributed by atoms with Crippen LogP contribution in [0.5, 0.6) is 0 Å². The summed E-state index contributed by atoms with van der Waals surface area (Å²) in [5.41, 5.74) is 0. The van der Waals surface area contributed by atoms with Gasteiger partial charge >= 0.3 is 0 Å². The molecule has 1 rings (SSSR count). The molecule has 0 aromatic heterocycles. The Bertz CT molecular complexity index is 224. The van der Waals surface area contributed by atoms with Crippen molar-refractivity contribution < 1.29 is 9.59 Å². The maximum atomic E-state index is 9.96. The van der Waals surface area contributed by atoms with E-state index in [1.807, 2.05) is 19.9 Å². The number of hydrogen-bond donors (Lipinski definition) is 1. The first-order chi connectivity index (χ1) is 6.75. The van der Waals surface area contributed by atoms with Gasteiger partial charge in [0.1, 0.15) is 6.54 Å². The van der Waals surface area contributed by atoms with Crippen LogP contribution >= 0.6 is 0 Å². The number of piperidine rings is 1. The number of aliphatic hydroxyl groups excluding tert-OH is 1. The standard InChI is InChI=1S/C12H21NO/c1-3-5-9-13(12(14)4-2)10-7-6-8-11-13/h3-5H,6-11H2,1-2H3/p+1/b5-3+,12-4-. The maximum Gasteiger partial charge on any atom is 0.284 e. The van der Waals surface area contributed by atoms with Gasteiger partial charge in [-0.1, -0.05) is 6.08 Å². The lowest BCUT2D eigenvalue weighted by Crippen LogP contribution is -2.50. The normalized spacial score (nSPS) is 22.9. The van der Waals surface area contributed by atoms with Gasteiger partial charge in [-0.05, 0) is 39.2 Å². The Hall–Kier alpha value is -0.760. The third kappa shape index (κ3) is 2.38. The fourth-order valence-electron chi connectivity index (χ4n) is 2.20. The zero-order valence-electron chi connectivity index (χ0n) is 9.37. The van der Waals surface area contributed by atoms with Crippen molar-refractivity contribution in [1.82, 2.24) is 0 Å². The first kappa shape index (κ1) is 11.3. The molecule has 1 saturated heterocycles. The fourth-order valence-corrected chi connectivity index (χ4v) is 2.20. The molecule has 0 atom stereocenters. The van der Waals surface area contributed by atoms with Gasteiger partial charge in [0.05, 0.1) is 13.1 Å². The molecule has 2 nitrogen and oxygen atoms in total. The van der Waals surface area contributed by atoms with Gasteiger partial charge in [0.15, 0.2) is 0 Å². The number of allylic oxidation sites excluding steroid dienone is 2. The van der Waals surface area contributed by atoms with E-state index in [-0.39, 0.29) is 0 Å². The van der Waals surface area contributed by atoms with Gasteiger partial charge in [0, 0.05) is 6.08 Å². The third-order valence-corrected chi connectivity index (χ3v) is 3.11. The average molecular weight is 196 g/mol. The average Bonchev–Trinajstić information content (AvgIpc) is 2.26. The van der Waals surface area contributed by atoms with E-state index < -0.39 is 0 Å². The molecule has 1 aliphatic rings. The fraction of sp³-hybridized carbons (Fsp3) is 0.667. The van der Waals surface area contributed by atoms with Crippen LogP contribution in [-0.2, 0) is 0 Å². The van der Waals surface area contributed by atoms with E-state index in [0.29, 0.717) is 5.88 Å². The van der Waals surface area contributed by atoms with Crippen LogP contribution in [0.3, 0.4) is 0 Å². The van der Waals surface area contributed by atoms with Crippen LogP contribution in [0.2, 0.25) is 0 Å². The topological polar surface area (TPSA) is 20.2 Å². The van der Waals surface area contributed by atoms with Crippen LogP contribution in [0.15, 0.2) is 24.1 Å². The van der Waals surface area contributed by atoms with E-state index in [1.54, 1.807) is 0 Å². The smallest absolute Gasteiger partial charge is 0.284 e. The highest BCUT2D eigenvalue weighted by Gasteiger charge is 2.32. The summed E-state index contributed by atoms with van der Waals surface area (Å²) in [6.07, 6.45) is 9.84. The number of hydrogen-bond acceptors (Lipinski definition) is 1. The van der Waals surface area contributed by atoms with Crippen molar-refractivity contribution in [1.29, 1.82) is 0 Å². The van der Waals surface area contributed by atoms with Gasteiger partial charge in [-0.3, -0.25) is 4.48 Å². The molecule has 14 heavy (non-hydrogen) atoms. The molecule has 1 heterocycles. The summed E-state index contributed by atoms with van der Waals surface area (Å²) in [6, 6.07) is 0. The molecule has 2 heteroatoms. The van der Waals surface area contributed by atoms with Gasteiger partial charge in [-0.15, -0.1) is 0 Å². The zero-order chi connectivity index (χ0) is 10.4. The summed E-state index contributed by atoms with van der Waals surface area (Å²) in [7, 11) is 0. The van der Waals surface area contributed by atoms with Crippen molar-refractivity contribution in [2.45, 2.75) is 33.1 Å². The van der Waals surface area contributed by atoms with E-state index in [1.165, 1.54) is 19.3 Å². The summed E-state index contributed by atoms with van der Waals surface area (Å²) in [5.74, 6) is 0.544. The minimum absolute atomic E-state index is 0.544. The van der Waals surface area contributed by atoms with Crippen molar-refractivity contribution >= 4 is 0 Å². The first-order valence-electron chi connectivity index (χ1n) is 5.58. The Kier molecular flexibility index (Phi) is 4.21. The molecule has 0 aliphatic carbocycles. The molecule has 1 N–H and O–H groups in total. The van der Waals surface area contributed by atoms with Crippen molar-refractivity contribution in [3.63, 3.8) is 0 Å². The zero-order valence-corrected chi connectivity index (χ0v) is 9.37. The van der Waals surface area contributed by atoms with Crippen molar-refractivity contribution in [2.24, 2.45) is 0 Å². The van der Waals surface area contributed by atoms with E-state index in [2.05, 4.69) is 12.2 Å². The molecule has 1 fully saturated rings. The monoisotopic (exact) mass is 196 g/mol. The van der Waals surface area contributed by atoms with E-state index in [0.717, 1.165) is 24.1 Å². The largest absolute Gasteiger partial charge is 0.468 e. The molecule has 0 aromatic carbocycles. The van der Waals surface area contributed by atoms with Crippen LogP contribution in [0.4, 0.5) is 0 Å². The van der Waals surface area contributed by atoms with Gasteiger partial charge in [0.25, 0.3) is 5.88 Å². The van der Waals surface area contributed by atoms with E-state index in [9.17, 15) is 5.11 Å². The lowest BCUT2D eigenvalue weighted by Gasteiger charge is -2.38. The van der Waals surface area contributed by atoms with Crippen LogP contribution in [-0.4, -0.2) is 29.2 Å². The Morgan fingerprint density at radius 3 is 2.36 bits per heavy atom. The molecule has 0 bridgehead atoms. The minimum atomic E-state index is 0.544. The Morgan fingerprint density at radius 1 is 1.21 bits per heavy atom. The van der Waals surface area contributed by atoms with Gasteiger partial charge < -0.3 is 5.11 Å². The molecule has 0 saturated carbocycles. The lowest BCUT2D eigenvalue weighted by atomic mass is 10.1. The molecule has 0 amide bonds. The maximum absolute atomic E-state index is 9.96. The number of quaternary nitrogens is 1. The Morgan fingerprint density at radius 2 is 1.86 bits per heavy atom. The Balaban J connectivity index is 2.76. The quantitative estimate of drug-likeness (QED) is 0.418. The van der Waals surface area contributed by atoms with Crippen molar-refractivity contribution in [3.05, 3.63) is 24.1 Å². The molecular formula is C12H22NO+. The highest BCUT2D eigenvalue weighted by molar-refractivity contribution is 4.85. The van der Waals surface area contributed by atoms with Gasteiger partial charge in [-0.2, -0.15) is 0 Å². The minimum Gasteiger partial charge on any atom is -0.468 e. The van der Waals surface area contributed by atoms with Crippen LogP contribution < -0.4 is 0 Å². The third-order valence-electron chi connectivity index (χ3n) is 3.11. The molecular weight excluding hydrogens is 174 g/mol. The van der Waals surface area contributed by atoms with Crippen LogP contribution in [0, 0.1) is 0 Å². The second-order valence-corrected chi connectivity index (χ2v) is 4.05. The van der Waals surface area contributed by atoms with E-state index >= 15 is 0 Å². The second kappa shape index (κ2) is 5.20. The van der Waals surface area contributed by atoms with Crippen LogP contribution in [0.1, 0.15) is 33.1 Å². The number of aliphatic hydroxyl groups is 1. The molecule has 0 unspecified atom stereocenters. The second-order valence-electron chi connectivity index (χ2n) is 4.05. The highest BCUT2D eigenvalue weighted by atomic mass is 16.3. The van der Waals surface area contributed by atoms with Crippen LogP contribution in [0.25, 0.3) is 0 Å². The molecule has 0 spiro atoms. The van der Waals surface area contributed by atoms with Crippen molar-refractivity contribution in [3.8, 4) is 0 Å². The molecule has 0 aromatic rings. The van der Waals surface area contributed by atoms with E-state index in [4.69, 9.17) is 0 Å². The summed E-state index contributed by atoms with van der Waals surface area (Å²) >= 11 is 0. The number of likely N-dealkylation sites (tertiary alicyclic amines) is 1. The molecule has 0 radical (unpaired) electrons. The SMILES string of the molecule is C/C=C(\O)[N+]1(C/C=C/C)CCCCC1. The highest BCUT2D eigenvalue weighted by Crippen LogP contribution is 2.24.